The summed E-state index contributed by atoms with van der Waals surface area (Å²) in [6.45, 7) is 0.00643. The minimum absolute atomic E-state index is 0.00643. The van der Waals surface area contributed by atoms with Crippen LogP contribution in [0.15, 0.2) is 54.6 Å². The number of amides is 1. The average molecular weight is 350 g/mol. The molecule has 6 nitrogen and oxygen atoms in total. The van der Waals surface area contributed by atoms with E-state index in [0.29, 0.717) is 16.3 Å². The van der Waals surface area contributed by atoms with E-state index in [9.17, 15) is 4.79 Å². The van der Waals surface area contributed by atoms with Crippen LogP contribution in [0.4, 0.5) is 5.13 Å². The van der Waals surface area contributed by atoms with Crippen molar-refractivity contribution in [2.24, 2.45) is 0 Å². The highest BCUT2D eigenvalue weighted by Crippen LogP contribution is 2.33. The van der Waals surface area contributed by atoms with Crippen molar-refractivity contribution in [2.45, 2.75) is 6.61 Å². The molecule has 2 aromatic heterocycles. The number of thiazole rings is 1. The molecule has 0 aliphatic rings. The van der Waals surface area contributed by atoms with Gasteiger partial charge < -0.3 is 5.11 Å². The number of hydrogen-bond acceptors (Lipinski definition) is 5. The summed E-state index contributed by atoms with van der Waals surface area (Å²) in [7, 11) is 0. The molecule has 0 unspecified atom stereocenters. The first-order valence-electron chi connectivity index (χ1n) is 7.66. The molecule has 25 heavy (non-hydrogen) atoms. The van der Waals surface area contributed by atoms with Gasteiger partial charge in [-0.05, 0) is 17.7 Å². The van der Waals surface area contributed by atoms with E-state index in [1.165, 1.54) is 11.3 Å². The highest BCUT2D eigenvalue weighted by molar-refractivity contribution is 7.22. The summed E-state index contributed by atoms with van der Waals surface area (Å²) >= 11 is 1.37. The zero-order valence-electron chi connectivity index (χ0n) is 13.1. The lowest BCUT2D eigenvalue weighted by molar-refractivity contribution is 0.102. The molecule has 0 spiro atoms. The van der Waals surface area contributed by atoms with Crippen LogP contribution in [0, 0.1) is 0 Å². The smallest absolute Gasteiger partial charge is 0.257 e. The van der Waals surface area contributed by atoms with Gasteiger partial charge in [0.1, 0.15) is 10.4 Å². The minimum atomic E-state index is -0.196. The van der Waals surface area contributed by atoms with Crippen LogP contribution in [0.3, 0.4) is 0 Å². The molecule has 0 saturated carbocycles. The lowest BCUT2D eigenvalue weighted by atomic mass is 10.1. The van der Waals surface area contributed by atoms with E-state index < -0.39 is 0 Å². The van der Waals surface area contributed by atoms with Gasteiger partial charge >= 0.3 is 0 Å². The van der Waals surface area contributed by atoms with Crippen molar-refractivity contribution in [1.82, 2.24) is 15.2 Å². The molecule has 0 aliphatic carbocycles. The molecule has 2 heterocycles. The molecule has 1 amide bonds. The Morgan fingerprint density at radius 1 is 1.12 bits per heavy atom. The van der Waals surface area contributed by atoms with Gasteiger partial charge in [-0.2, -0.15) is 5.10 Å². The highest BCUT2D eigenvalue weighted by atomic mass is 32.1. The molecule has 0 radical (unpaired) electrons. The first kappa shape index (κ1) is 15.5. The van der Waals surface area contributed by atoms with Gasteiger partial charge in [-0.15, -0.1) is 0 Å². The average Bonchev–Trinajstić information content (AvgIpc) is 3.22. The molecule has 0 fully saturated rings. The second kappa shape index (κ2) is 6.46. The van der Waals surface area contributed by atoms with Crippen LogP contribution in [0.2, 0.25) is 0 Å². The molecular formula is C18H14N4O2S. The van der Waals surface area contributed by atoms with E-state index >= 15 is 0 Å². The van der Waals surface area contributed by atoms with Crippen molar-refractivity contribution in [3.05, 3.63) is 65.7 Å². The molecule has 0 atom stereocenters. The summed E-state index contributed by atoms with van der Waals surface area (Å²) in [4.78, 5) is 16.6. The Labute approximate surface area is 147 Å². The molecular weight excluding hydrogens is 336 g/mol. The maximum atomic E-state index is 12.2. The van der Waals surface area contributed by atoms with Gasteiger partial charge in [0.05, 0.1) is 6.61 Å². The number of aromatic amines is 1. The van der Waals surface area contributed by atoms with Gasteiger partial charge in [0, 0.05) is 11.1 Å². The Kier molecular flexibility index (Phi) is 4.01. The largest absolute Gasteiger partial charge is 0.392 e. The number of rotatable bonds is 4. The van der Waals surface area contributed by atoms with Gasteiger partial charge in [0.2, 0.25) is 0 Å². The van der Waals surface area contributed by atoms with Crippen LogP contribution >= 0.6 is 11.3 Å². The summed E-state index contributed by atoms with van der Waals surface area (Å²) in [5.74, 6) is -0.196. The van der Waals surface area contributed by atoms with Crippen molar-refractivity contribution >= 4 is 32.7 Å². The fraction of sp³-hybridized carbons (Fsp3) is 0.0556. The third kappa shape index (κ3) is 3.02. The van der Waals surface area contributed by atoms with E-state index in [4.69, 9.17) is 5.11 Å². The monoisotopic (exact) mass is 350 g/mol. The number of benzene rings is 2. The Morgan fingerprint density at radius 3 is 2.60 bits per heavy atom. The van der Waals surface area contributed by atoms with E-state index in [1.807, 2.05) is 42.5 Å². The second-order valence-corrected chi connectivity index (χ2v) is 6.44. The van der Waals surface area contributed by atoms with E-state index in [1.54, 1.807) is 12.1 Å². The number of aliphatic hydroxyl groups excluding tert-OH is 1. The van der Waals surface area contributed by atoms with E-state index in [0.717, 1.165) is 21.5 Å². The van der Waals surface area contributed by atoms with Gasteiger partial charge in [0.15, 0.2) is 10.8 Å². The Balaban J connectivity index is 1.63. The van der Waals surface area contributed by atoms with Crippen LogP contribution in [-0.2, 0) is 6.61 Å². The maximum absolute atomic E-state index is 12.2. The van der Waals surface area contributed by atoms with Gasteiger partial charge in [-0.1, -0.05) is 53.8 Å². The first-order valence-corrected chi connectivity index (χ1v) is 8.48. The molecule has 4 rings (SSSR count). The quantitative estimate of drug-likeness (QED) is 0.526. The summed E-state index contributed by atoms with van der Waals surface area (Å²) in [5.41, 5.74) is 3.76. The molecule has 0 aliphatic heterocycles. The van der Waals surface area contributed by atoms with Crippen LogP contribution in [0.25, 0.3) is 21.6 Å². The summed E-state index contributed by atoms with van der Waals surface area (Å²) in [5, 5.41) is 19.7. The summed E-state index contributed by atoms with van der Waals surface area (Å²) < 4.78 is 0.875. The maximum Gasteiger partial charge on any atom is 0.257 e. The van der Waals surface area contributed by atoms with E-state index in [-0.39, 0.29) is 12.5 Å². The van der Waals surface area contributed by atoms with Crippen molar-refractivity contribution in [3.63, 3.8) is 0 Å². The summed E-state index contributed by atoms with van der Waals surface area (Å²) in [6, 6.07) is 16.5. The number of fused-ring (bicyclic) bond motifs is 1. The van der Waals surface area contributed by atoms with Crippen molar-refractivity contribution < 1.29 is 9.90 Å². The third-order valence-corrected chi connectivity index (χ3v) is 4.76. The van der Waals surface area contributed by atoms with Gasteiger partial charge in [-0.25, -0.2) is 4.98 Å². The molecule has 0 bridgehead atoms. The predicted molar refractivity (Wildman–Crippen MR) is 97.5 cm³/mol. The fourth-order valence-corrected chi connectivity index (χ4v) is 3.41. The minimum Gasteiger partial charge on any atom is -0.392 e. The third-order valence-electron chi connectivity index (χ3n) is 3.78. The fourth-order valence-electron chi connectivity index (χ4n) is 2.49. The molecule has 0 saturated heterocycles. The zero-order chi connectivity index (χ0) is 17.2. The second-order valence-electron chi connectivity index (χ2n) is 5.44. The number of carbonyl (C=O) groups is 1. The van der Waals surface area contributed by atoms with Crippen LogP contribution in [0.1, 0.15) is 15.9 Å². The molecule has 7 heteroatoms. The van der Waals surface area contributed by atoms with Crippen LogP contribution in [-0.4, -0.2) is 26.2 Å². The van der Waals surface area contributed by atoms with E-state index in [2.05, 4.69) is 20.5 Å². The van der Waals surface area contributed by atoms with Crippen molar-refractivity contribution in [3.8, 4) is 11.3 Å². The number of anilines is 1. The standard InChI is InChI=1S/C18H14N4O2S/c23-10-11-6-8-12(9-7-11)14-15-16(22-21-14)19-18(25-15)20-17(24)13-4-2-1-3-5-13/h1-9,23H,10H2,(H2,19,20,21,22,24). The summed E-state index contributed by atoms with van der Waals surface area (Å²) in [6.07, 6.45) is 0. The topological polar surface area (TPSA) is 90.9 Å². The number of hydrogen-bond donors (Lipinski definition) is 3. The Hall–Kier alpha value is -3.03. The van der Waals surface area contributed by atoms with Crippen LogP contribution in [0.5, 0.6) is 0 Å². The number of carbonyl (C=O) groups excluding carboxylic acids is 1. The predicted octanol–water partition coefficient (Wildman–Crippen LogP) is 3.43. The Morgan fingerprint density at radius 2 is 1.88 bits per heavy atom. The number of aromatic nitrogens is 3. The lowest BCUT2D eigenvalue weighted by Gasteiger charge is -2.01. The number of nitrogens with one attached hydrogen (secondary N) is 2. The lowest BCUT2D eigenvalue weighted by Crippen LogP contribution is -2.11. The van der Waals surface area contributed by atoms with Gasteiger partial charge in [0.25, 0.3) is 5.91 Å². The number of H-pyrrole nitrogens is 1. The van der Waals surface area contributed by atoms with Gasteiger partial charge in [-0.3, -0.25) is 15.2 Å². The molecule has 3 N–H and O–H groups in total. The molecule has 2 aromatic carbocycles. The normalized spacial score (nSPS) is 10.9. The molecule has 4 aromatic rings. The number of aliphatic hydroxyl groups is 1. The SMILES string of the molecule is O=C(Nc1nc2[nH]nc(-c3ccc(CO)cc3)c2s1)c1ccccc1. The highest BCUT2D eigenvalue weighted by Gasteiger charge is 2.15. The number of nitrogens with zero attached hydrogens (tertiary/aromatic N) is 2. The first-order chi connectivity index (χ1) is 12.2. The zero-order valence-corrected chi connectivity index (χ0v) is 13.9. The van der Waals surface area contributed by atoms with Crippen LogP contribution < -0.4 is 5.32 Å². The van der Waals surface area contributed by atoms with Crippen molar-refractivity contribution in [2.75, 3.05) is 5.32 Å². The molecule has 124 valence electrons. The van der Waals surface area contributed by atoms with Crippen molar-refractivity contribution in [1.29, 1.82) is 0 Å². The Bertz CT molecular complexity index is 1020.